The first-order valence-corrected chi connectivity index (χ1v) is 10.1. The van der Waals surface area contributed by atoms with E-state index in [-0.39, 0.29) is 18.6 Å². The summed E-state index contributed by atoms with van der Waals surface area (Å²) in [5.74, 6) is 1.24. The summed E-state index contributed by atoms with van der Waals surface area (Å²) in [5.41, 5.74) is 1.06. The third-order valence-corrected chi connectivity index (χ3v) is 5.36. The lowest BCUT2D eigenvalue weighted by atomic mass is 10.0. The standard InChI is InChI=1S/C22H27ClN2O3/c1-27-17-9-11-18(12-10-17)28-16-22(26)24-15-21(25-13-5-2-6-14-25)19-7-3-4-8-20(19)23/h3-4,7-12,21H,2,5-6,13-16H2,1H3,(H,24,26)/t21-/m0/s1. The number of amides is 1. The van der Waals surface area contributed by atoms with Crippen LogP contribution in [-0.4, -0.2) is 44.2 Å². The minimum Gasteiger partial charge on any atom is -0.497 e. The molecule has 0 bridgehead atoms. The number of hydrogen-bond donors (Lipinski definition) is 1. The highest BCUT2D eigenvalue weighted by atomic mass is 35.5. The average molecular weight is 403 g/mol. The van der Waals surface area contributed by atoms with E-state index in [2.05, 4.69) is 10.2 Å². The van der Waals surface area contributed by atoms with E-state index in [9.17, 15) is 4.79 Å². The Bertz CT molecular complexity index is 761. The zero-order chi connectivity index (χ0) is 19.8. The van der Waals surface area contributed by atoms with Crippen LogP contribution in [0.4, 0.5) is 0 Å². The summed E-state index contributed by atoms with van der Waals surface area (Å²) < 4.78 is 10.7. The molecule has 3 rings (SSSR count). The van der Waals surface area contributed by atoms with Crippen molar-refractivity contribution in [3.63, 3.8) is 0 Å². The minimum absolute atomic E-state index is 0.0262. The summed E-state index contributed by atoms with van der Waals surface area (Å²) in [7, 11) is 1.61. The number of methoxy groups -OCH3 is 1. The SMILES string of the molecule is COc1ccc(OCC(=O)NC[C@@H](c2ccccc2Cl)N2CCCCC2)cc1. The lowest BCUT2D eigenvalue weighted by molar-refractivity contribution is -0.123. The molecule has 1 fully saturated rings. The third kappa shape index (κ3) is 5.63. The Kier molecular flexibility index (Phi) is 7.57. The van der Waals surface area contributed by atoms with Gasteiger partial charge in [0.05, 0.1) is 13.2 Å². The normalized spacial score (nSPS) is 15.6. The molecule has 0 aromatic heterocycles. The molecule has 1 aliphatic rings. The number of hydrogen-bond acceptors (Lipinski definition) is 4. The van der Waals surface area contributed by atoms with Crippen LogP contribution >= 0.6 is 11.6 Å². The third-order valence-electron chi connectivity index (χ3n) is 5.02. The van der Waals surface area contributed by atoms with E-state index in [0.717, 1.165) is 29.4 Å². The highest BCUT2D eigenvalue weighted by molar-refractivity contribution is 6.31. The Balaban J connectivity index is 1.57. The van der Waals surface area contributed by atoms with Gasteiger partial charge in [0.2, 0.25) is 0 Å². The first-order valence-electron chi connectivity index (χ1n) is 9.69. The first-order chi connectivity index (χ1) is 13.7. The van der Waals surface area contributed by atoms with Gasteiger partial charge in [0.1, 0.15) is 11.5 Å². The van der Waals surface area contributed by atoms with Crippen molar-refractivity contribution < 1.29 is 14.3 Å². The molecule has 1 saturated heterocycles. The Morgan fingerprint density at radius 2 is 1.75 bits per heavy atom. The van der Waals surface area contributed by atoms with Crippen LogP contribution in [-0.2, 0) is 4.79 Å². The van der Waals surface area contributed by atoms with Gasteiger partial charge >= 0.3 is 0 Å². The lowest BCUT2D eigenvalue weighted by Gasteiger charge is -2.35. The van der Waals surface area contributed by atoms with Gasteiger partial charge in [-0.15, -0.1) is 0 Å². The first kappa shape index (κ1) is 20.5. The Morgan fingerprint density at radius 3 is 2.43 bits per heavy atom. The molecule has 1 atom stereocenters. The molecule has 28 heavy (non-hydrogen) atoms. The predicted molar refractivity (Wildman–Crippen MR) is 111 cm³/mol. The molecule has 0 aliphatic carbocycles. The van der Waals surface area contributed by atoms with Crippen LogP contribution in [0.3, 0.4) is 0 Å². The number of carbonyl (C=O) groups excluding carboxylic acids is 1. The van der Waals surface area contributed by atoms with E-state index < -0.39 is 0 Å². The maximum Gasteiger partial charge on any atom is 0.258 e. The average Bonchev–Trinajstić information content (AvgIpc) is 2.74. The van der Waals surface area contributed by atoms with Crippen molar-refractivity contribution in [2.24, 2.45) is 0 Å². The van der Waals surface area contributed by atoms with Crippen molar-refractivity contribution in [2.45, 2.75) is 25.3 Å². The number of ether oxygens (including phenoxy) is 2. The Labute approximate surface area is 171 Å². The van der Waals surface area contributed by atoms with Gasteiger partial charge < -0.3 is 14.8 Å². The molecule has 5 nitrogen and oxygen atoms in total. The maximum atomic E-state index is 12.3. The highest BCUT2D eigenvalue weighted by Crippen LogP contribution is 2.29. The summed E-state index contributed by atoms with van der Waals surface area (Å²) in [4.78, 5) is 14.7. The van der Waals surface area contributed by atoms with Crippen LogP contribution in [0, 0.1) is 0 Å². The number of carbonyl (C=O) groups is 1. The number of benzene rings is 2. The summed E-state index contributed by atoms with van der Waals surface area (Å²) in [6.07, 6.45) is 3.61. The summed E-state index contributed by atoms with van der Waals surface area (Å²) in [5, 5.41) is 3.75. The second-order valence-electron chi connectivity index (χ2n) is 6.90. The summed E-state index contributed by atoms with van der Waals surface area (Å²) in [6, 6.07) is 15.1. The van der Waals surface area contributed by atoms with Gasteiger partial charge in [-0.2, -0.15) is 0 Å². The lowest BCUT2D eigenvalue weighted by Crippen LogP contribution is -2.41. The quantitative estimate of drug-likeness (QED) is 0.723. The smallest absolute Gasteiger partial charge is 0.258 e. The van der Waals surface area contributed by atoms with Crippen molar-refractivity contribution in [3.8, 4) is 11.5 Å². The van der Waals surface area contributed by atoms with Gasteiger partial charge in [0.25, 0.3) is 5.91 Å². The summed E-state index contributed by atoms with van der Waals surface area (Å²) in [6.45, 7) is 2.53. The predicted octanol–water partition coefficient (Wildman–Crippen LogP) is 4.07. The van der Waals surface area contributed by atoms with E-state index in [4.69, 9.17) is 21.1 Å². The van der Waals surface area contributed by atoms with Gasteiger partial charge in [0, 0.05) is 11.6 Å². The molecule has 0 unspecified atom stereocenters. The van der Waals surface area contributed by atoms with Crippen molar-refractivity contribution in [1.29, 1.82) is 0 Å². The number of likely N-dealkylation sites (tertiary alicyclic amines) is 1. The van der Waals surface area contributed by atoms with Crippen LogP contribution in [0.25, 0.3) is 0 Å². The molecule has 0 saturated carbocycles. The number of nitrogens with zero attached hydrogens (tertiary/aromatic N) is 1. The van der Waals surface area contributed by atoms with Crippen molar-refractivity contribution >= 4 is 17.5 Å². The molecule has 1 amide bonds. The zero-order valence-electron chi connectivity index (χ0n) is 16.2. The van der Waals surface area contributed by atoms with Gasteiger partial charge in [-0.25, -0.2) is 0 Å². The molecule has 150 valence electrons. The number of halogens is 1. The molecular formula is C22H27ClN2O3. The van der Waals surface area contributed by atoms with E-state index in [1.807, 2.05) is 24.3 Å². The largest absolute Gasteiger partial charge is 0.497 e. The van der Waals surface area contributed by atoms with E-state index in [1.165, 1.54) is 19.3 Å². The van der Waals surface area contributed by atoms with Crippen molar-refractivity contribution in [2.75, 3.05) is 33.4 Å². The monoisotopic (exact) mass is 402 g/mol. The fourth-order valence-electron chi connectivity index (χ4n) is 3.49. The molecule has 0 radical (unpaired) electrons. The van der Waals surface area contributed by atoms with Gasteiger partial charge in [-0.3, -0.25) is 9.69 Å². The molecule has 2 aromatic carbocycles. The molecule has 2 aromatic rings. The van der Waals surface area contributed by atoms with Crippen LogP contribution in [0.5, 0.6) is 11.5 Å². The number of piperidine rings is 1. The van der Waals surface area contributed by atoms with Crippen LogP contribution in [0.1, 0.15) is 30.9 Å². The second kappa shape index (κ2) is 10.3. The van der Waals surface area contributed by atoms with Crippen molar-refractivity contribution in [1.82, 2.24) is 10.2 Å². The second-order valence-corrected chi connectivity index (χ2v) is 7.31. The molecule has 6 heteroatoms. The zero-order valence-corrected chi connectivity index (χ0v) is 17.0. The Hall–Kier alpha value is -2.24. The molecule has 1 N–H and O–H groups in total. The van der Waals surface area contributed by atoms with Crippen LogP contribution < -0.4 is 14.8 Å². The summed E-state index contributed by atoms with van der Waals surface area (Å²) >= 11 is 6.45. The Morgan fingerprint density at radius 1 is 1.07 bits per heavy atom. The molecule has 1 heterocycles. The minimum atomic E-state index is -0.148. The van der Waals surface area contributed by atoms with Gasteiger partial charge in [-0.05, 0) is 61.8 Å². The molecule has 0 spiro atoms. The van der Waals surface area contributed by atoms with E-state index >= 15 is 0 Å². The number of rotatable bonds is 8. The van der Waals surface area contributed by atoms with Gasteiger partial charge in [0.15, 0.2) is 6.61 Å². The highest BCUT2D eigenvalue weighted by Gasteiger charge is 2.24. The number of nitrogens with one attached hydrogen (secondary N) is 1. The molecule has 1 aliphatic heterocycles. The maximum absolute atomic E-state index is 12.3. The molecular weight excluding hydrogens is 376 g/mol. The fourth-order valence-corrected chi connectivity index (χ4v) is 3.76. The van der Waals surface area contributed by atoms with Crippen molar-refractivity contribution in [3.05, 3.63) is 59.1 Å². The fraction of sp³-hybridized carbons (Fsp3) is 0.409. The topological polar surface area (TPSA) is 50.8 Å². The van der Waals surface area contributed by atoms with E-state index in [1.54, 1.807) is 31.4 Å². The van der Waals surface area contributed by atoms with E-state index in [0.29, 0.717) is 12.3 Å². The van der Waals surface area contributed by atoms with Crippen LogP contribution in [0.2, 0.25) is 5.02 Å². The van der Waals surface area contributed by atoms with Gasteiger partial charge in [-0.1, -0.05) is 36.2 Å². The van der Waals surface area contributed by atoms with Crippen LogP contribution in [0.15, 0.2) is 48.5 Å².